The Kier molecular flexibility index (Phi) is 6.31. The highest BCUT2D eigenvalue weighted by atomic mass is 16.1. The van der Waals surface area contributed by atoms with Gasteiger partial charge in [-0.1, -0.05) is 55.0 Å². The number of benzene rings is 1. The number of aromatic amines is 1. The van der Waals surface area contributed by atoms with Gasteiger partial charge in [-0.3, -0.25) is 4.79 Å². The molecule has 5 nitrogen and oxygen atoms in total. The number of H-pyrrole nitrogens is 1. The molecular formula is C24H35N4O+. The molecule has 1 amide bonds. The predicted octanol–water partition coefficient (Wildman–Crippen LogP) is 4.73. The zero-order valence-electron chi connectivity index (χ0n) is 18.0. The van der Waals surface area contributed by atoms with Gasteiger partial charge in [0.05, 0.1) is 0 Å². The molecule has 5 heteroatoms. The average molecular weight is 396 g/mol. The molecule has 2 fully saturated rings. The van der Waals surface area contributed by atoms with Crippen LogP contribution in [0.3, 0.4) is 0 Å². The summed E-state index contributed by atoms with van der Waals surface area (Å²) >= 11 is 0. The third-order valence-electron chi connectivity index (χ3n) is 6.59. The van der Waals surface area contributed by atoms with Gasteiger partial charge in [0.2, 0.25) is 11.6 Å². The molecule has 4 rings (SSSR count). The van der Waals surface area contributed by atoms with Crippen LogP contribution in [-0.4, -0.2) is 16.2 Å². The molecule has 1 heterocycles. The Morgan fingerprint density at radius 1 is 1.17 bits per heavy atom. The number of carbonyl (C=O) groups is 1. The molecule has 0 radical (unpaired) electrons. The van der Waals surface area contributed by atoms with E-state index in [9.17, 15) is 4.79 Å². The summed E-state index contributed by atoms with van der Waals surface area (Å²) in [5, 5.41) is 10.9. The first-order chi connectivity index (χ1) is 14.1. The summed E-state index contributed by atoms with van der Waals surface area (Å²) in [5.74, 6) is 1.58. The van der Waals surface area contributed by atoms with Crippen molar-refractivity contribution in [2.24, 2.45) is 5.92 Å². The van der Waals surface area contributed by atoms with E-state index in [1.54, 1.807) is 0 Å². The van der Waals surface area contributed by atoms with Gasteiger partial charge in [0.1, 0.15) is 6.54 Å². The van der Waals surface area contributed by atoms with Gasteiger partial charge in [-0.05, 0) is 50.7 Å². The number of anilines is 1. The van der Waals surface area contributed by atoms with E-state index >= 15 is 0 Å². The lowest BCUT2D eigenvalue weighted by molar-refractivity contribution is -0.761. The fourth-order valence-corrected chi connectivity index (χ4v) is 4.74. The SMILES string of the molecule is Cc1ccc(NC(=O)CCc2n[nH][n+](CCC3CCCCC3)c2C2CC2)c(C)c1. The van der Waals surface area contributed by atoms with E-state index in [4.69, 9.17) is 0 Å². The molecule has 0 bridgehead atoms. The standard InChI is InChI=1S/C24H34N4O/c1-17-8-11-21(18(2)16-17)25-23(29)13-12-22-24(20-9-10-20)28(27-26-22)15-14-19-6-4-3-5-7-19/h8,11,16,19-20H,3-7,9-10,12-15H2,1-2H3,(H,25,29)/p+1. The van der Waals surface area contributed by atoms with E-state index in [0.717, 1.165) is 29.4 Å². The van der Waals surface area contributed by atoms with E-state index in [-0.39, 0.29) is 5.91 Å². The first kappa shape index (κ1) is 20.1. The highest BCUT2D eigenvalue weighted by molar-refractivity contribution is 5.91. The monoisotopic (exact) mass is 395 g/mol. The number of hydrogen-bond acceptors (Lipinski definition) is 2. The van der Waals surface area contributed by atoms with Gasteiger partial charge in [0.15, 0.2) is 5.69 Å². The molecule has 1 aromatic carbocycles. The van der Waals surface area contributed by atoms with Crippen LogP contribution in [0, 0.1) is 19.8 Å². The van der Waals surface area contributed by atoms with Crippen LogP contribution in [0.1, 0.15) is 86.2 Å². The topological polar surface area (TPSA) is 61.7 Å². The minimum atomic E-state index is 0.0652. The second-order valence-corrected chi connectivity index (χ2v) is 9.13. The largest absolute Gasteiger partial charge is 0.326 e. The van der Waals surface area contributed by atoms with Crippen molar-refractivity contribution in [1.29, 1.82) is 0 Å². The lowest BCUT2D eigenvalue weighted by Gasteiger charge is -2.20. The molecule has 2 aliphatic rings. The Labute approximate surface area is 174 Å². The summed E-state index contributed by atoms with van der Waals surface area (Å²) < 4.78 is 2.28. The number of hydrogen-bond donors (Lipinski definition) is 2. The number of aromatic nitrogens is 3. The Morgan fingerprint density at radius 3 is 2.69 bits per heavy atom. The summed E-state index contributed by atoms with van der Waals surface area (Å²) in [4.78, 5) is 12.5. The van der Waals surface area contributed by atoms with Crippen LogP contribution in [0.2, 0.25) is 0 Å². The molecule has 29 heavy (non-hydrogen) atoms. The molecule has 2 N–H and O–H groups in total. The van der Waals surface area contributed by atoms with Crippen LogP contribution in [0.25, 0.3) is 0 Å². The number of rotatable bonds is 8. The Hall–Kier alpha value is -2.17. The van der Waals surface area contributed by atoms with Crippen molar-refractivity contribution in [3.8, 4) is 0 Å². The second kappa shape index (κ2) is 9.10. The van der Waals surface area contributed by atoms with Crippen molar-refractivity contribution < 1.29 is 9.48 Å². The fourth-order valence-electron chi connectivity index (χ4n) is 4.74. The first-order valence-electron chi connectivity index (χ1n) is 11.4. The molecule has 0 aliphatic heterocycles. The normalized spacial score (nSPS) is 17.4. The van der Waals surface area contributed by atoms with Crippen molar-refractivity contribution in [3.05, 3.63) is 40.7 Å². The number of nitrogens with zero attached hydrogens (tertiary/aromatic N) is 2. The highest BCUT2D eigenvalue weighted by Gasteiger charge is 2.36. The number of aryl methyl sites for hydroxylation is 4. The minimum Gasteiger partial charge on any atom is -0.326 e. The van der Waals surface area contributed by atoms with Crippen LogP contribution >= 0.6 is 0 Å². The molecule has 0 unspecified atom stereocenters. The van der Waals surface area contributed by atoms with Gasteiger partial charge in [0, 0.05) is 29.5 Å². The van der Waals surface area contributed by atoms with Crippen molar-refractivity contribution in [2.45, 2.75) is 90.5 Å². The lowest BCUT2D eigenvalue weighted by atomic mass is 9.87. The third kappa shape index (κ3) is 5.26. The summed E-state index contributed by atoms with van der Waals surface area (Å²) in [5.41, 5.74) is 5.68. The van der Waals surface area contributed by atoms with Gasteiger partial charge in [0.25, 0.3) is 0 Å². The molecule has 2 aromatic rings. The average Bonchev–Trinajstić information content (AvgIpc) is 3.48. The summed E-state index contributed by atoms with van der Waals surface area (Å²) in [6.07, 6.45) is 11.9. The van der Waals surface area contributed by atoms with Crippen LogP contribution in [0.15, 0.2) is 18.2 Å². The molecule has 1 aromatic heterocycles. The van der Waals surface area contributed by atoms with Gasteiger partial charge >= 0.3 is 0 Å². The van der Waals surface area contributed by atoms with E-state index in [0.29, 0.717) is 18.8 Å². The zero-order valence-corrected chi connectivity index (χ0v) is 18.0. The van der Waals surface area contributed by atoms with E-state index < -0.39 is 0 Å². The molecule has 2 saturated carbocycles. The smallest absolute Gasteiger partial charge is 0.224 e. The number of nitrogens with one attached hydrogen (secondary N) is 2. The molecule has 2 aliphatic carbocycles. The minimum absolute atomic E-state index is 0.0652. The van der Waals surface area contributed by atoms with Gasteiger partial charge in [-0.2, -0.15) is 4.68 Å². The fraction of sp³-hybridized carbons (Fsp3) is 0.625. The molecule has 0 saturated heterocycles. The molecular weight excluding hydrogens is 360 g/mol. The quantitative estimate of drug-likeness (QED) is 0.635. The van der Waals surface area contributed by atoms with Crippen molar-refractivity contribution >= 4 is 11.6 Å². The molecule has 0 spiro atoms. The van der Waals surface area contributed by atoms with Crippen LogP contribution in [0.5, 0.6) is 0 Å². The van der Waals surface area contributed by atoms with E-state index in [1.807, 2.05) is 19.1 Å². The van der Waals surface area contributed by atoms with Gasteiger partial charge < -0.3 is 5.32 Å². The lowest BCUT2D eigenvalue weighted by Crippen LogP contribution is -2.40. The summed E-state index contributed by atoms with van der Waals surface area (Å²) in [6, 6.07) is 6.13. The van der Waals surface area contributed by atoms with Crippen molar-refractivity contribution in [3.63, 3.8) is 0 Å². The Bertz CT molecular complexity index is 847. The van der Waals surface area contributed by atoms with Gasteiger partial charge in [-0.25, -0.2) is 0 Å². The highest BCUT2D eigenvalue weighted by Crippen LogP contribution is 2.40. The Balaban J connectivity index is 1.34. The number of carbonyl (C=O) groups excluding carboxylic acids is 1. The molecule has 156 valence electrons. The zero-order chi connectivity index (χ0) is 20.2. The maximum absolute atomic E-state index is 12.5. The molecule has 0 atom stereocenters. The number of amides is 1. The predicted molar refractivity (Wildman–Crippen MR) is 115 cm³/mol. The third-order valence-corrected chi connectivity index (χ3v) is 6.59. The van der Waals surface area contributed by atoms with Crippen LogP contribution in [-0.2, 0) is 17.8 Å². The van der Waals surface area contributed by atoms with Crippen LogP contribution in [0.4, 0.5) is 5.69 Å². The van der Waals surface area contributed by atoms with Crippen LogP contribution < -0.4 is 10.00 Å². The van der Waals surface area contributed by atoms with E-state index in [2.05, 4.69) is 33.3 Å². The van der Waals surface area contributed by atoms with Crippen molar-refractivity contribution in [2.75, 3.05) is 5.32 Å². The first-order valence-corrected chi connectivity index (χ1v) is 11.4. The van der Waals surface area contributed by atoms with Gasteiger partial charge in [-0.15, -0.1) is 0 Å². The Morgan fingerprint density at radius 2 is 1.97 bits per heavy atom. The summed E-state index contributed by atoms with van der Waals surface area (Å²) in [7, 11) is 0. The van der Waals surface area contributed by atoms with E-state index in [1.165, 1.54) is 62.6 Å². The van der Waals surface area contributed by atoms with Crippen molar-refractivity contribution in [1.82, 2.24) is 10.3 Å². The maximum atomic E-state index is 12.5. The maximum Gasteiger partial charge on any atom is 0.224 e. The summed E-state index contributed by atoms with van der Waals surface area (Å²) in [6.45, 7) is 5.15. The second-order valence-electron chi connectivity index (χ2n) is 9.13.